The Bertz CT molecular complexity index is 1010. The fourth-order valence-corrected chi connectivity index (χ4v) is 3.30. The molecule has 0 unspecified atom stereocenters. The maximum absolute atomic E-state index is 14.0. The van der Waals surface area contributed by atoms with Crippen LogP contribution in [0, 0.1) is 11.6 Å². The van der Waals surface area contributed by atoms with Crippen LogP contribution in [0.15, 0.2) is 53.6 Å². The number of carbonyl (C=O) groups excluding carboxylic acids is 1. The van der Waals surface area contributed by atoms with Crippen LogP contribution in [0.2, 0.25) is 0 Å². The van der Waals surface area contributed by atoms with E-state index in [9.17, 15) is 18.7 Å². The standard InChI is InChI=1S/C20H16F2N2O2S/c1-2-14-5-6-15(27-14)11-23-24-20(26)17-9-12(3-8-19(17)25)16-7-4-13(21)10-18(16)22/h3-11,25H,2H2,1H3,(H,24,26)/b23-11+. The molecule has 3 rings (SSSR count). The van der Waals surface area contributed by atoms with Gasteiger partial charge in [-0.15, -0.1) is 11.3 Å². The van der Waals surface area contributed by atoms with E-state index in [1.165, 1.54) is 35.4 Å². The van der Waals surface area contributed by atoms with E-state index in [1.807, 2.05) is 19.1 Å². The number of hydrogen-bond donors (Lipinski definition) is 2. The number of hydrogen-bond acceptors (Lipinski definition) is 4. The highest BCUT2D eigenvalue weighted by molar-refractivity contribution is 7.13. The number of hydrazone groups is 1. The zero-order chi connectivity index (χ0) is 19.4. The molecule has 0 aliphatic heterocycles. The maximum atomic E-state index is 14.0. The molecule has 0 radical (unpaired) electrons. The third kappa shape index (κ3) is 4.38. The molecule has 0 aliphatic rings. The third-order valence-corrected chi connectivity index (χ3v) is 5.04. The molecule has 0 atom stereocenters. The Labute approximate surface area is 158 Å². The lowest BCUT2D eigenvalue weighted by Gasteiger charge is -2.08. The van der Waals surface area contributed by atoms with Crippen molar-refractivity contribution < 1.29 is 18.7 Å². The van der Waals surface area contributed by atoms with Crippen molar-refractivity contribution in [3.8, 4) is 16.9 Å². The average molecular weight is 386 g/mol. The Balaban J connectivity index is 1.80. The Morgan fingerprint density at radius 3 is 2.70 bits per heavy atom. The third-order valence-electron chi connectivity index (χ3n) is 3.87. The van der Waals surface area contributed by atoms with E-state index in [1.54, 1.807) is 11.3 Å². The van der Waals surface area contributed by atoms with Crippen molar-refractivity contribution in [2.45, 2.75) is 13.3 Å². The highest BCUT2D eigenvalue weighted by Gasteiger charge is 2.14. The molecular formula is C20H16F2N2O2S. The van der Waals surface area contributed by atoms with Crippen molar-refractivity contribution in [1.29, 1.82) is 0 Å². The van der Waals surface area contributed by atoms with Gasteiger partial charge >= 0.3 is 0 Å². The SMILES string of the molecule is CCc1ccc(/C=N/NC(=O)c2cc(-c3ccc(F)cc3F)ccc2O)s1. The molecule has 1 heterocycles. The average Bonchev–Trinajstić information content (AvgIpc) is 3.10. The van der Waals surface area contributed by atoms with E-state index >= 15 is 0 Å². The quantitative estimate of drug-likeness (QED) is 0.492. The highest BCUT2D eigenvalue weighted by atomic mass is 32.1. The summed E-state index contributed by atoms with van der Waals surface area (Å²) in [6.45, 7) is 2.05. The predicted octanol–water partition coefficient (Wildman–Crippen LogP) is 4.73. The van der Waals surface area contributed by atoms with Gasteiger partial charge in [0, 0.05) is 21.4 Å². The molecule has 3 aromatic rings. The summed E-state index contributed by atoms with van der Waals surface area (Å²) in [6.07, 6.45) is 2.44. The lowest BCUT2D eigenvalue weighted by Crippen LogP contribution is -2.17. The van der Waals surface area contributed by atoms with Gasteiger partial charge in [0.05, 0.1) is 11.8 Å². The van der Waals surface area contributed by atoms with Gasteiger partial charge in [-0.1, -0.05) is 13.0 Å². The van der Waals surface area contributed by atoms with Gasteiger partial charge in [0.25, 0.3) is 5.91 Å². The number of nitrogens with one attached hydrogen (secondary N) is 1. The Morgan fingerprint density at radius 2 is 2.00 bits per heavy atom. The Hall–Kier alpha value is -3.06. The minimum Gasteiger partial charge on any atom is -0.507 e. The first-order valence-corrected chi connectivity index (χ1v) is 9.00. The molecule has 0 saturated heterocycles. The number of aryl methyl sites for hydroxylation is 1. The summed E-state index contributed by atoms with van der Waals surface area (Å²) >= 11 is 1.56. The van der Waals surface area contributed by atoms with Crippen molar-refractivity contribution in [3.05, 3.63) is 75.5 Å². The van der Waals surface area contributed by atoms with Gasteiger partial charge in [-0.2, -0.15) is 5.10 Å². The maximum Gasteiger partial charge on any atom is 0.275 e. The number of rotatable bonds is 5. The van der Waals surface area contributed by atoms with E-state index < -0.39 is 17.5 Å². The molecule has 0 spiro atoms. The second-order valence-electron chi connectivity index (χ2n) is 5.71. The number of aromatic hydroxyl groups is 1. The monoisotopic (exact) mass is 386 g/mol. The number of amides is 1. The molecule has 2 N–H and O–H groups in total. The lowest BCUT2D eigenvalue weighted by molar-refractivity contribution is 0.0952. The molecule has 138 valence electrons. The van der Waals surface area contributed by atoms with Crippen LogP contribution in [-0.4, -0.2) is 17.2 Å². The van der Waals surface area contributed by atoms with Crippen LogP contribution in [0.4, 0.5) is 8.78 Å². The molecule has 0 fully saturated rings. The number of thiophene rings is 1. The summed E-state index contributed by atoms with van der Waals surface area (Å²) in [5.41, 5.74) is 2.74. The fourth-order valence-electron chi connectivity index (χ4n) is 2.48. The molecule has 1 aromatic heterocycles. The normalized spacial score (nSPS) is 11.1. The van der Waals surface area contributed by atoms with E-state index in [4.69, 9.17) is 0 Å². The first-order chi connectivity index (χ1) is 13.0. The number of benzene rings is 2. The van der Waals surface area contributed by atoms with Crippen molar-refractivity contribution in [2.75, 3.05) is 0 Å². The molecule has 0 aliphatic carbocycles. The summed E-state index contributed by atoms with van der Waals surface area (Å²) in [4.78, 5) is 14.4. The van der Waals surface area contributed by atoms with E-state index in [-0.39, 0.29) is 16.9 Å². The zero-order valence-electron chi connectivity index (χ0n) is 14.4. The minimum absolute atomic E-state index is 0.0613. The molecule has 2 aromatic carbocycles. The first kappa shape index (κ1) is 18.7. The lowest BCUT2D eigenvalue weighted by atomic mass is 10.0. The predicted molar refractivity (Wildman–Crippen MR) is 102 cm³/mol. The van der Waals surface area contributed by atoms with Crippen molar-refractivity contribution in [3.63, 3.8) is 0 Å². The molecule has 7 heteroatoms. The van der Waals surface area contributed by atoms with Crippen LogP contribution in [0.1, 0.15) is 27.0 Å². The molecule has 0 saturated carbocycles. The number of halogens is 2. The molecule has 4 nitrogen and oxygen atoms in total. The van der Waals surface area contributed by atoms with Gasteiger partial charge in [-0.3, -0.25) is 4.79 Å². The van der Waals surface area contributed by atoms with E-state index in [0.29, 0.717) is 5.56 Å². The first-order valence-electron chi connectivity index (χ1n) is 8.18. The Morgan fingerprint density at radius 1 is 1.19 bits per heavy atom. The summed E-state index contributed by atoms with van der Waals surface area (Å²) in [7, 11) is 0. The zero-order valence-corrected chi connectivity index (χ0v) is 15.2. The smallest absolute Gasteiger partial charge is 0.275 e. The van der Waals surface area contributed by atoms with Crippen LogP contribution < -0.4 is 5.43 Å². The summed E-state index contributed by atoms with van der Waals surface area (Å²) in [6, 6.07) is 11.1. The van der Waals surface area contributed by atoms with Gasteiger partial charge < -0.3 is 5.11 Å². The summed E-state index contributed by atoms with van der Waals surface area (Å²) < 4.78 is 27.0. The van der Waals surface area contributed by atoms with Crippen LogP contribution in [0.3, 0.4) is 0 Å². The molecule has 0 bridgehead atoms. The van der Waals surface area contributed by atoms with Gasteiger partial charge in [-0.25, -0.2) is 14.2 Å². The summed E-state index contributed by atoms with van der Waals surface area (Å²) in [5, 5.41) is 13.8. The van der Waals surface area contributed by atoms with E-state index in [2.05, 4.69) is 10.5 Å². The number of carbonyl (C=O) groups is 1. The van der Waals surface area contributed by atoms with Crippen LogP contribution in [0.5, 0.6) is 5.75 Å². The largest absolute Gasteiger partial charge is 0.507 e. The fraction of sp³-hybridized carbons (Fsp3) is 0.100. The van der Waals surface area contributed by atoms with Crippen molar-refractivity contribution >= 4 is 23.5 Å². The van der Waals surface area contributed by atoms with Gasteiger partial charge in [-0.05, 0) is 48.4 Å². The minimum atomic E-state index is -0.755. The number of nitrogens with zero attached hydrogens (tertiary/aromatic N) is 1. The van der Waals surface area contributed by atoms with Crippen molar-refractivity contribution in [1.82, 2.24) is 5.43 Å². The van der Waals surface area contributed by atoms with E-state index in [0.717, 1.165) is 23.4 Å². The van der Waals surface area contributed by atoms with Gasteiger partial charge in [0.15, 0.2) is 0 Å². The second kappa shape index (κ2) is 8.09. The second-order valence-corrected chi connectivity index (χ2v) is 6.91. The molecule has 27 heavy (non-hydrogen) atoms. The topological polar surface area (TPSA) is 61.7 Å². The highest BCUT2D eigenvalue weighted by Crippen LogP contribution is 2.28. The van der Waals surface area contributed by atoms with Gasteiger partial charge in [0.2, 0.25) is 0 Å². The van der Waals surface area contributed by atoms with Crippen LogP contribution in [0.25, 0.3) is 11.1 Å². The van der Waals surface area contributed by atoms with Crippen LogP contribution in [-0.2, 0) is 6.42 Å². The number of phenolic OH excluding ortho intramolecular Hbond substituents is 1. The number of phenols is 1. The summed E-state index contributed by atoms with van der Waals surface area (Å²) in [5.74, 6) is -2.35. The molecule has 1 amide bonds. The van der Waals surface area contributed by atoms with Crippen LogP contribution >= 0.6 is 11.3 Å². The Kier molecular flexibility index (Phi) is 5.61. The molecular weight excluding hydrogens is 370 g/mol. The van der Waals surface area contributed by atoms with Crippen molar-refractivity contribution in [2.24, 2.45) is 5.10 Å². The van der Waals surface area contributed by atoms with Gasteiger partial charge in [0.1, 0.15) is 17.4 Å².